The smallest absolute Gasteiger partial charge is 0.103 e. The maximum absolute atomic E-state index is 4.26. The predicted octanol–water partition coefficient (Wildman–Crippen LogP) is 3.32. The third kappa shape index (κ3) is 1.47. The third-order valence-corrected chi connectivity index (χ3v) is 3.73. The summed E-state index contributed by atoms with van der Waals surface area (Å²) in [5, 5.41) is 0. The fraction of sp³-hybridized carbons (Fsp3) is 0.267. The zero-order chi connectivity index (χ0) is 12.7. The second-order valence-electron chi connectivity index (χ2n) is 4.76. The second-order valence-corrected chi connectivity index (χ2v) is 4.76. The van der Waals surface area contributed by atoms with Crippen molar-refractivity contribution < 1.29 is 0 Å². The van der Waals surface area contributed by atoms with Crippen LogP contribution in [0.2, 0.25) is 0 Å². The predicted molar refractivity (Wildman–Crippen MR) is 75.4 cm³/mol. The fourth-order valence-corrected chi connectivity index (χ4v) is 2.58. The highest BCUT2D eigenvalue weighted by Gasteiger charge is 2.31. The molecule has 2 heterocycles. The number of rotatable bonds is 1. The van der Waals surface area contributed by atoms with E-state index in [9.17, 15) is 0 Å². The summed E-state index contributed by atoms with van der Waals surface area (Å²) in [6.45, 7) is 4.34. The number of benzene rings is 1. The van der Waals surface area contributed by atoms with Crippen LogP contribution in [0, 0.1) is 6.92 Å². The zero-order valence-electron chi connectivity index (χ0n) is 11.0. The van der Waals surface area contributed by atoms with Crippen molar-refractivity contribution in [2.75, 3.05) is 16.8 Å². The van der Waals surface area contributed by atoms with Crippen molar-refractivity contribution in [3.05, 3.63) is 48.3 Å². The van der Waals surface area contributed by atoms with Crippen LogP contribution in [-0.4, -0.2) is 18.2 Å². The Bertz CT molecular complexity index is 579. The van der Waals surface area contributed by atoms with Gasteiger partial charge in [0.25, 0.3) is 0 Å². The average molecular weight is 239 g/mol. The monoisotopic (exact) mass is 239 g/mol. The molecule has 0 saturated heterocycles. The van der Waals surface area contributed by atoms with E-state index in [1.807, 2.05) is 12.4 Å². The van der Waals surface area contributed by atoms with Gasteiger partial charge in [-0.15, -0.1) is 0 Å². The van der Waals surface area contributed by atoms with Crippen LogP contribution in [0.5, 0.6) is 0 Å². The van der Waals surface area contributed by atoms with Crippen LogP contribution in [0.4, 0.5) is 17.1 Å². The molecule has 1 aliphatic rings. The summed E-state index contributed by atoms with van der Waals surface area (Å²) in [5.74, 6) is 0. The largest absolute Gasteiger partial charge is 0.353 e. The summed E-state index contributed by atoms with van der Waals surface area (Å²) in [5.41, 5.74) is 4.96. The van der Waals surface area contributed by atoms with Crippen LogP contribution < -0.4 is 9.80 Å². The first-order valence-corrected chi connectivity index (χ1v) is 6.22. The minimum absolute atomic E-state index is 0.310. The van der Waals surface area contributed by atoms with Crippen molar-refractivity contribution in [2.24, 2.45) is 0 Å². The van der Waals surface area contributed by atoms with Crippen LogP contribution in [0.1, 0.15) is 12.5 Å². The van der Waals surface area contributed by atoms with E-state index in [4.69, 9.17) is 0 Å². The number of hydrogen-bond acceptors (Lipinski definition) is 3. The summed E-state index contributed by atoms with van der Waals surface area (Å²) in [7, 11) is 2.13. The normalized spacial score (nSPS) is 18.1. The topological polar surface area (TPSA) is 19.4 Å². The quantitative estimate of drug-likeness (QED) is 0.761. The van der Waals surface area contributed by atoms with Gasteiger partial charge in [-0.1, -0.05) is 12.1 Å². The maximum Gasteiger partial charge on any atom is 0.103 e. The molecular formula is C15H17N3. The minimum Gasteiger partial charge on any atom is -0.353 e. The Morgan fingerprint density at radius 3 is 2.50 bits per heavy atom. The van der Waals surface area contributed by atoms with Crippen LogP contribution >= 0.6 is 0 Å². The lowest BCUT2D eigenvalue weighted by Gasteiger charge is -2.28. The second kappa shape index (κ2) is 4.02. The lowest BCUT2D eigenvalue weighted by atomic mass is 10.2. The molecule has 1 aromatic carbocycles. The molecule has 1 aromatic heterocycles. The van der Waals surface area contributed by atoms with Gasteiger partial charge in [-0.05, 0) is 37.6 Å². The van der Waals surface area contributed by atoms with Gasteiger partial charge < -0.3 is 9.80 Å². The molecule has 0 unspecified atom stereocenters. The van der Waals surface area contributed by atoms with Crippen LogP contribution in [0.15, 0.2) is 42.7 Å². The number of aromatic nitrogens is 1. The molecule has 92 valence electrons. The number of fused-ring (bicyclic) bond motifs is 1. The number of anilines is 3. The van der Waals surface area contributed by atoms with E-state index in [1.165, 1.54) is 22.6 Å². The first kappa shape index (κ1) is 11.1. The van der Waals surface area contributed by atoms with Crippen molar-refractivity contribution in [3.8, 4) is 0 Å². The van der Waals surface area contributed by atoms with E-state index in [0.717, 1.165) is 0 Å². The molecule has 3 nitrogen and oxygen atoms in total. The Kier molecular flexibility index (Phi) is 2.47. The van der Waals surface area contributed by atoms with Crippen LogP contribution in [0.3, 0.4) is 0 Å². The highest BCUT2D eigenvalue weighted by atomic mass is 15.4. The van der Waals surface area contributed by atoms with Crippen molar-refractivity contribution in [2.45, 2.75) is 20.0 Å². The molecule has 0 radical (unpaired) electrons. The van der Waals surface area contributed by atoms with Crippen LogP contribution in [0.25, 0.3) is 0 Å². The van der Waals surface area contributed by atoms with Gasteiger partial charge in [0.15, 0.2) is 0 Å². The molecule has 0 bridgehead atoms. The average Bonchev–Trinajstić information content (AvgIpc) is 2.64. The SMILES string of the molecule is Cc1ccncc1N1c2ccccc2N(C)[C@@H]1C. The molecule has 3 heteroatoms. The Labute approximate surface area is 108 Å². The highest BCUT2D eigenvalue weighted by Crippen LogP contribution is 2.43. The van der Waals surface area contributed by atoms with Gasteiger partial charge in [0.2, 0.25) is 0 Å². The molecule has 0 aliphatic carbocycles. The van der Waals surface area contributed by atoms with Gasteiger partial charge in [-0.3, -0.25) is 4.98 Å². The maximum atomic E-state index is 4.26. The van der Waals surface area contributed by atoms with Gasteiger partial charge in [0, 0.05) is 13.2 Å². The summed E-state index contributed by atoms with van der Waals surface area (Å²) in [4.78, 5) is 8.90. The van der Waals surface area contributed by atoms with E-state index in [0.29, 0.717) is 6.17 Å². The number of para-hydroxylation sites is 2. The van der Waals surface area contributed by atoms with Gasteiger partial charge in [-0.2, -0.15) is 0 Å². The molecule has 2 aromatic rings. The van der Waals surface area contributed by atoms with E-state index < -0.39 is 0 Å². The lowest BCUT2D eigenvalue weighted by Crippen LogP contribution is -2.35. The Morgan fingerprint density at radius 1 is 1.06 bits per heavy atom. The van der Waals surface area contributed by atoms with Crippen LogP contribution in [-0.2, 0) is 0 Å². The van der Waals surface area contributed by atoms with Crippen molar-refractivity contribution in [1.29, 1.82) is 0 Å². The Morgan fingerprint density at radius 2 is 1.78 bits per heavy atom. The lowest BCUT2D eigenvalue weighted by molar-refractivity contribution is 0.731. The van der Waals surface area contributed by atoms with Gasteiger partial charge in [0.1, 0.15) is 6.17 Å². The number of hydrogen-bond donors (Lipinski definition) is 0. The minimum atomic E-state index is 0.310. The molecule has 1 atom stereocenters. The molecule has 0 amide bonds. The summed E-state index contributed by atoms with van der Waals surface area (Å²) >= 11 is 0. The van der Waals surface area contributed by atoms with E-state index in [-0.39, 0.29) is 0 Å². The molecule has 1 aliphatic heterocycles. The molecule has 0 N–H and O–H groups in total. The first-order chi connectivity index (χ1) is 8.70. The van der Waals surface area contributed by atoms with Gasteiger partial charge >= 0.3 is 0 Å². The molecule has 0 spiro atoms. The van der Waals surface area contributed by atoms with Gasteiger partial charge in [0.05, 0.1) is 23.3 Å². The van der Waals surface area contributed by atoms with Crippen molar-refractivity contribution >= 4 is 17.1 Å². The molecule has 18 heavy (non-hydrogen) atoms. The first-order valence-electron chi connectivity index (χ1n) is 6.22. The molecule has 3 rings (SSSR count). The van der Waals surface area contributed by atoms with E-state index in [2.05, 4.69) is 66.0 Å². The van der Waals surface area contributed by atoms with Gasteiger partial charge in [-0.25, -0.2) is 0 Å². The summed E-state index contributed by atoms with van der Waals surface area (Å²) in [6, 6.07) is 10.6. The highest BCUT2D eigenvalue weighted by molar-refractivity contribution is 5.83. The number of nitrogens with zero attached hydrogens (tertiary/aromatic N) is 3. The number of pyridine rings is 1. The Balaban J connectivity index is 2.16. The third-order valence-electron chi connectivity index (χ3n) is 3.73. The fourth-order valence-electron chi connectivity index (χ4n) is 2.58. The molecule has 0 fully saturated rings. The Hall–Kier alpha value is -2.03. The summed E-state index contributed by atoms with van der Waals surface area (Å²) < 4.78 is 0. The molecule has 0 saturated carbocycles. The van der Waals surface area contributed by atoms with Crippen molar-refractivity contribution in [1.82, 2.24) is 4.98 Å². The van der Waals surface area contributed by atoms with Crippen molar-refractivity contribution in [3.63, 3.8) is 0 Å². The van der Waals surface area contributed by atoms with E-state index in [1.54, 1.807) is 0 Å². The zero-order valence-corrected chi connectivity index (χ0v) is 11.0. The summed E-state index contributed by atoms with van der Waals surface area (Å²) in [6.07, 6.45) is 4.10. The van der Waals surface area contributed by atoms with E-state index >= 15 is 0 Å². The number of aryl methyl sites for hydroxylation is 1. The molecular weight excluding hydrogens is 222 g/mol. The standard InChI is InChI=1S/C15H17N3/c1-11-8-9-16-10-15(11)18-12(2)17(3)13-6-4-5-7-14(13)18/h4-10,12H,1-3H3/t12-/m0/s1.